The van der Waals surface area contributed by atoms with Crippen LogP contribution in [0.25, 0.3) is 0 Å². The van der Waals surface area contributed by atoms with Gasteiger partial charge in [0.15, 0.2) is 18.2 Å². The number of nitrogens with one attached hydrogen (secondary N) is 1. The van der Waals surface area contributed by atoms with E-state index < -0.39 is 24.4 Å². The molecule has 4 N–H and O–H groups in total. The van der Waals surface area contributed by atoms with Gasteiger partial charge < -0.3 is 25.2 Å². The van der Waals surface area contributed by atoms with Gasteiger partial charge in [-0.3, -0.25) is 15.0 Å². The second kappa shape index (κ2) is 8.81. The molecule has 2 unspecified atom stereocenters. The molecule has 0 radical (unpaired) electrons. The summed E-state index contributed by atoms with van der Waals surface area (Å²) in [7, 11) is 0. The minimum Gasteiger partial charge on any atom is -0.493 e. The number of Topliss-reactive ketones (excluding diaryl/α,β-unsaturated/α-hetero) is 2. The van der Waals surface area contributed by atoms with Crippen LogP contribution < -0.4 is 15.2 Å². The summed E-state index contributed by atoms with van der Waals surface area (Å²) in [4.78, 5) is 37.9. The van der Waals surface area contributed by atoms with Gasteiger partial charge in [-0.2, -0.15) is 0 Å². The molecule has 1 aromatic rings. The van der Waals surface area contributed by atoms with E-state index in [0.29, 0.717) is 24.5 Å². The van der Waals surface area contributed by atoms with Gasteiger partial charge in [0.2, 0.25) is 0 Å². The summed E-state index contributed by atoms with van der Waals surface area (Å²) in [6.45, 7) is 1.99. The molecule has 2 aliphatic rings. The van der Waals surface area contributed by atoms with Crippen LogP contribution in [0.1, 0.15) is 17.3 Å². The van der Waals surface area contributed by atoms with E-state index in [1.165, 1.54) is 18.2 Å². The van der Waals surface area contributed by atoms with Crippen molar-refractivity contribution >= 4 is 23.4 Å². The fraction of sp³-hybridized carbons (Fsp3) is 0.333. The smallest absolute Gasteiger partial charge is 0.341 e. The fourth-order valence-corrected chi connectivity index (χ4v) is 3.51. The van der Waals surface area contributed by atoms with Crippen molar-refractivity contribution in [3.05, 3.63) is 47.7 Å². The van der Waals surface area contributed by atoms with Gasteiger partial charge in [-0.15, -0.1) is 0 Å². The number of hydrogen-bond donors (Lipinski definition) is 3. The number of carboxylic acids is 1. The molecule has 1 aliphatic carbocycles. The maximum Gasteiger partial charge on any atom is 0.341 e. The number of carboxylic acid groups (broad SMARTS) is 1. The van der Waals surface area contributed by atoms with Crippen molar-refractivity contribution in [1.29, 1.82) is 5.41 Å². The highest BCUT2D eigenvalue weighted by Crippen LogP contribution is 2.32. The number of ketones is 2. The van der Waals surface area contributed by atoms with E-state index in [4.69, 9.17) is 25.7 Å². The van der Waals surface area contributed by atoms with Crippen LogP contribution in [0.4, 0.5) is 0 Å². The van der Waals surface area contributed by atoms with Crippen LogP contribution in [0.5, 0.6) is 11.5 Å². The van der Waals surface area contributed by atoms with Crippen molar-refractivity contribution in [3.63, 3.8) is 0 Å². The van der Waals surface area contributed by atoms with Crippen LogP contribution in [0.15, 0.2) is 42.1 Å². The molecule has 0 amide bonds. The number of ether oxygens (including phenoxy) is 2. The second-order valence-electron chi connectivity index (χ2n) is 7.00. The molecule has 0 saturated carbocycles. The quantitative estimate of drug-likeness (QED) is 0.312. The maximum absolute atomic E-state index is 12.9. The Morgan fingerprint density at radius 1 is 1.33 bits per heavy atom. The zero-order valence-corrected chi connectivity index (χ0v) is 16.5. The van der Waals surface area contributed by atoms with Gasteiger partial charge in [0, 0.05) is 18.8 Å². The van der Waals surface area contributed by atoms with Crippen LogP contribution >= 0.6 is 0 Å². The first kappa shape index (κ1) is 21.1. The molecule has 9 heteroatoms. The third-order valence-corrected chi connectivity index (χ3v) is 4.88. The van der Waals surface area contributed by atoms with Crippen molar-refractivity contribution in [2.24, 2.45) is 17.6 Å². The standard InChI is InChI=1S/C21H23N3O6/c1-2-29-18-7-13(30-11-19(26)27)4-6-14(18)17(25)10-24-8-12-3-5-15(21(22)23)20(28)16(12)9-24/h3-8,15-16H,2,9-11H2,1H3,(H3,22,23)(H,26,27). The van der Waals surface area contributed by atoms with Crippen molar-refractivity contribution < 1.29 is 29.0 Å². The predicted molar refractivity (Wildman–Crippen MR) is 108 cm³/mol. The number of fused-ring (bicyclic) bond motifs is 1. The number of carbonyl (C=O) groups is 3. The summed E-state index contributed by atoms with van der Waals surface area (Å²) in [6, 6.07) is 4.55. The summed E-state index contributed by atoms with van der Waals surface area (Å²) in [5.74, 6) is -2.16. The van der Waals surface area contributed by atoms with Crippen molar-refractivity contribution in [1.82, 2.24) is 4.90 Å². The Kier molecular flexibility index (Phi) is 6.20. The average Bonchev–Trinajstić information content (AvgIpc) is 3.10. The van der Waals surface area contributed by atoms with E-state index >= 15 is 0 Å². The Hall–Kier alpha value is -3.62. The van der Waals surface area contributed by atoms with Crippen LogP contribution in [0.3, 0.4) is 0 Å². The zero-order chi connectivity index (χ0) is 21.8. The molecule has 0 spiro atoms. The number of nitrogens with two attached hydrogens (primary N) is 1. The summed E-state index contributed by atoms with van der Waals surface area (Å²) < 4.78 is 10.7. The average molecular weight is 413 g/mol. The fourth-order valence-electron chi connectivity index (χ4n) is 3.51. The lowest BCUT2D eigenvalue weighted by Gasteiger charge is -2.22. The molecule has 0 fully saturated rings. The molecule has 30 heavy (non-hydrogen) atoms. The first-order valence-corrected chi connectivity index (χ1v) is 9.46. The molecule has 0 aromatic heterocycles. The number of carbonyl (C=O) groups excluding carboxylic acids is 2. The van der Waals surface area contributed by atoms with Crippen molar-refractivity contribution in [2.45, 2.75) is 6.92 Å². The normalized spacial score (nSPS) is 19.8. The topological polar surface area (TPSA) is 143 Å². The minimum atomic E-state index is -1.10. The van der Waals surface area contributed by atoms with Crippen LogP contribution in [0, 0.1) is 17.2 Å². The second-order valence-corrected chi connectivity index (χ2v) is 7.00. The molecule has 0 saturated heterocycles. The van der Waals surface area contributed by atoms with Gasteiger partial charge in [0.05, 0.1) is 30.6 Å². The van der Waals surface area contributed by atoms with E-state index in [1.54, 1.807) is 30.2 Å². The minimum absolute atomic E-state index is 0.0429. The predicted octanol–water partition coefficient (Wildman–Crippen LogP) is 1.24. The molecular weight excluding hydrogens is 390 g/mol. The summed E-state index contributed by atoms with van der Waals surface area (Å²) >= 11 is 0. The molecule has 158 valence electrons. The zero-order valence-electron chi connectivity index (χ0n) is 16.5. The number of aliphatic carboxylic acids is 1. The Bertz CT molecular complexity index is 952. The van der Waals surface area contributed by atoms with Crippen LogP contribution in [0.2, 0.25) is 0 Å². The molecule has 9 nitrogen and oxygen atoms in total. The highest BCUT2D eigenvalue weighted by molar-refractivity contribution is 6.07. The Morgan fingerprint density at radius 3 is 2.77 bits per heavy atom. The Balaban J connectivity index is 1.71. The lowest BCUT2D eigenvalue weighted by molar-refractivity contribution is -0.139. The molecule has 1 heterocycles. The van der Waals surface area contributed by atoms with Gasteiger partial charge in [-0.1, -0.05) is 12.2 Å². The van der Waals surface area contributed by atoms with Gasteiger partial charge in [0.1, 0.15) is 17.3 Å². The number of rotatable bonds is 9. The largest absolute Gasteiger partial charge is 0.493 e. The molecule has 1 aromatic carbocycles. The highest BCUT2D eigenvalue weighted by Gasteiger charge is 2.37. The van der Waals surface area contributed by atoms with Crippen LogP contribution in [-0.2, 0) is 9.59 Å². The van der Waals surface area contributed by atoms with Crippen molar-refractivity contribution in [3.8, 4) is 11.5 Å². The monoisotopic (exact) mass is 413 g/mol. The molecule has 3 rings (SSSR count). The lowest BCUT2D eigenvalue weighted by atomic mass is 9.83. The summed E-state index contributed by atoms with van der Waals surface area (Å²) in [6.07, 6.45) is 5.17. The number of benzene rings is 1. The Labute approximate surface area is 173 Å². The van der Waals surface area contributed by atoms with E-state index in [-0.39, 0.29) is 29.7 Å². The van der Waals surface area contributed by atoms with E-state index in [0.717, 1.165) is 5.57 Å². The highest BCUT2D eigenvalue weighted by atomic mass is 16.5. The lowest BCUT2D eigenvalue weighted by Crippen LogP contribution is -2.37. The third-order valence-electron chi connectivity index (χ3n) is 4.88. The molecular formula is C21H23N3O6. The van der Waals surface area contributed by atoms with Gasteiger partial charge in [-0.25, -0.2) is 4.79 Å². The SMILES string of the molecule is CCOc1cc(OCC(=O)O)ccc1C(=O)CN1C=C2C=CC(C(=N)N)C(=O)C2C1. The van der Waals surface area contributed by atoms with Crippen molar-refractivity contribution in [2.75, 3.05) is 26.3 Å². The number of amidine groups is 1. The van der Waals surface area contributed by atoms with E-state index in [1.807, 2.05) is 0 Å². The first-order valence-electron chi connectivity index (χ1n) is 9.46. The third kappa shape index (κ3) is 4.51. The van der Waals surface area contributed by atoms with E-state index in [2.05, 4.69) is 0 Å². The number of nitrogens with zero attached hydrogens (tertiary/aromatic N) is 1. The molecule has 1 aliphatic heterocycles. The van der Waals surface area contributed by atoms with Crippen LogP contribution in [-0.4, -0.2) is 59.7 Å². The van der Waals surface area contributed by atoms with E-state index in [9.17, 15) is 14.4 Å². The Morgan fingerprint density at radius 2 is 2.10 bits per heavy atom. The van der Waals surface area contributed by atoms with Gasteiger partial charge in [-0.05, 0) is 24.6 Å². The van der Waals surface area contributed by atoms with Gasteiger partial charge >= 0.3 is 5.97 Å². The van der Waals surface area contributed by atoms with Gasteiger partial charge in [0.25, 0.3) is 0 Å². The molecule has 2 atom stereocenters. The number of allylic oxidation sites excluding steroid dienone is 1. The first-order chi connectivity index (χ1) is 14.3. The summed E-state index contributed by atoms with van der Waals surface area (Å²) in [5, 5.41) is 16.3. The maximum atomic E-state index is 12.9. The summed E-state index contributed by atoms with van der Waals surface area (Å²) in [5.41, 5.74) is 6.64. The molecule has 0 bridgehead atoms. The number of hydrogen-bond acceptors (Lipinski definition) is 7.